The molecule has 0 aromatic carbocycles. The second-order valence-corrected chi connectivity index (χ2v) is 9.54. The van der Waals surface area contributed by atoms with Crippen LogP contribution in [0.15, 0.2) is 47.5 Å². The lowest BCUT2D eigenvalue weighted by Crippen LogP contribution is -2.20. The van der Waals surface area contributed by atoms with Crippen LogP contribution < -0.4 is 4.99 Å². The summed E-state index contributed by atoms with van der Waals surface area (Å²) in [6.45, 7) is 0. The molecule has 22 heavy (non-hydrogen) atoms. The Bertz CT molecular complexity index is 667. The molecule has 2 aromatic heterocycles. The van der Waals surface area contributed by atoms with Gasteiger partial charge >= 0.3 is 5.17 Å². The van der Waals surface area contributed by atoms with Gasteiger partial charge in [-0.1, -0.05) is 0 Å². The van der Waals surface area contributed by atoms with Crippen molar-refractivity contribution in [2.24, 2.45) is 14.1 Å². The first-order valence-electron chi connectivity index (χ1n) is 6.71. The van der Waals surface area contributed by atoms with Gasteiger partial charge in [0.15, 0.2) is 10.7 Å². The van der Waals surface area contributed by atoms with Gasteiger partial charge in [0.05, 0.1) is 7.05 Å². The molecular formula is C12H16BN6S3. The van der Waals surface area contributed by atoms with Crippen molar-refractivity contribution in [3.63, 3.8) is 0 Å². The van der Waals surface area contributed by atoms with Crippen LogP contribution in [0.3, 0.4) is 0 Å². The van der Waals surface area contributed by atoms with Gasteiger partial charge in [0.2, 0.25) is 0 Å². The summed E-state index contributed by atoms with van der Waals surface area (Å²) in [5.41, 5.74) is 0. The molecule has 0 saturated heterocycles. The highest BCUT2D eigenvalue weighted by atomic mass is 32.3. The second kappa shape index (κ2) is 6.88. The Hall–Kier alpha value is -1.26. The molecule has 0 aliphatic carbocycles. The zero-order valence-electron chi connectivity index (χ0n) is 12.6. The van der Waals surface area contributed by atoms with E-state index >= 15 is 0 Å². The molecule has 3 heterocycles. The molecular weight excluding hydrogens is 335 g/mol. The van der Waals surface area contributed by atoms with Crippen molar-refractivity contribution in [1.29, 1.82) is 0 Å². The average molecular weight is 351 g/mol. The Balaban J connectivity index is 1.76. The number of aryl methyl sites for hydroxylation is 2. The topological polar surface area (TPSA) is 53.0 Å². The SMILES string of the molecule is CN1C=C[N+]=C1S[BH-](Sc1nccn1C)Sc1nccn1C. The van der Waals surface area contributed by atoms with Gasteiger partial charge < -0.3 is 9.13 Å². The second-order valence-electron chi connectivity index (χ2n) is 4.75. The van der Waals surface area contributed by atoms with E-state index in [4.69, 9.17) is 0 Å². The molecule has 1 aliphatic heterocycles. The normalized spacial score (nSPS) is 14.2. The average Bonchev–Trinajstić information content (AvgIpc) is 3.17. The molecule has 1 aliphatic rings. The van der Waals surface area contributed by atoms with Crippen LogP contribution in [0.1, 0.15) is 0 Å². The zero-order valence-corrected chi connectivity index (χ0v) is 15.0. The predicted molar refractivity (Wildman–Crippen MR) is 96.9 cm³/mol. The summed E-state index contributed by atoms with van der Waals surface area (Å²) in [4.78, 5) is 15.3. The van der Waals surface area contributed by atoms with Gasteiger partial charge in [0.25, 0.3) is 0 Å². The molecule has 2 aromatic rings. The maximum atomic E-state index is 4.42. The Labute approximate surface area is 142 Å². The number of nitrogens with zero attached hydrogens (tertiary/aromatic N) is 6. The molecule has 10 heteroatoms. The third kappa shape index (κ3) is 3.56. The molecule has 0 unspecified atom stereocenters. The maximum absolute atomic E-state index is 4.42. The molecule has 3 rings (SSSR count). The van der Waals surface area contributed by atoms with Gasteiger partial charge in [0.1, 0.15) is 16.5 Å². The standard InChI is InChI=1S/C12H16BN6S3/c1-17-7-4-14-10(17)20-13(21-11-15-5-8-18(11)2)22-12-16-6-9-19(12)3/h4-9,13H,1-3H3. The van der Waals surface area contributed by atoms with E-state index in [9.17, 15) is 0 Å². The van der Waals surface area contributed by atoms with Gasteiger partial charge in [-0.05, 0) is 4.99 Å². The van der Waals surface area contributed by atoms with E-state index < -0.39 is 4.55 Å². The Morgan fingerprint density at radius 3 is 1.95 bits per heavy atom. The third-order valence-corrected chi connectivity index (χ3v) is 7.85. The minimum absolute atomic E-state index is 0.770. The molecule has 0 amide bonds. The van der Waals surface area contributed by atoms with Crippen LogP contribution in [-0.2, 0) is 14.1 Å². The van der Waals surface area contributed by atoms with Crippen LogP contribution in [-0.4, -0.2) is 40.8 Å². The molecule has 115 valence electrons. The summed E-state index contributed by atoms with van der Waals surface area (Å²) in [5.74, 6) is 0. The first-order valence-corrected chi connectivity index (χ1v) is 9.67. The number of amidine groups is 1. The number of rotatable bonds is 5. The highest BCUT2D eigenvalue weighted by molar-refractivity contribution is 8.79. The predicted octanol–water partition coefficient (Wildman–Crippen LogP) is 1.60. The van der Waals surface area contributed by atoms with Crippen LogP contribution in [0.4, 0.5) is 0 Å². The van der Waals surface area contributed by atoms with Crippen LogP contribution in [0.25, 0.3) is 0 Å². The van der Waals surface area contributed by atoms with Crippen LogP contribution in [0.5, 0.6) is 0 Å². The van der Waals surface area contributed by atoms with E-state index in [2.05, 4.69) is 15.0 Å². The fourth-order valence-corrected chi connectivity index (χ4v) is 6.31. The largest absolute Gasteiger partial charge is 0.332 e. The van der Waals surface area contributed by atoms with E-state index in [1.807, 2.05) is 72.4 Å². The van der Waals surface area contributed by atoms with Crippen molar-refractivity contribution in [3.8, 4) is 0 Å². The summed E-state index contributed by atoms with van der Waals surface area (Å²) < 4.78 is 3.32. The summed E-state index contributed by atoms with van der Waals surface area (Å²) in [6, 6.07) is 0. The molecule has 0 spiro atoms. The summed E-state index contributed by atoms with van der Waals surface area (Å²) in [7, 11) is 6.05. The number of aromatic nitrogens is 4. The molecule has 0 bridgehead atoms. The highest BCUT2D eigenvalue weighted by Crippen LogP contribution is 2.38. The Kier molecular flexibility index (Phi) is 4.89. The Morgan fingerprint density at radius 2 is 1.55 bits per heavy atom. The number of hydrogen-bond donors (Lipinski definition) is 0. The van der Waals surface area contributed by atoms with Crippen molar-refractivity contribution in [1.82, 2.24) is 29.0 Å². The van der Waals surface area contributed by atoms with Gasteiger partial charge in [-0.25, -0.2) is 26.5 Å². The smallest absolute Gasteiger partial charge is 0.320 e. The summed E-state index contributed by atoms with van der Waals surface area (Å²) in [6.07, 6.45) is 11.4. The van der Waals surface area contributed by atoms with E-state index in [1.165, 1.54) is 0 Å². The fraction of sp³-hybridized carbons (Fsp3) is 0.250. The molecule has 6 nitrogen and oxygen atoms in total. The molecule has 0 atom stereocenters. The van der Waals surface area contributed by atoms with Gasteiger partial charge in [-0.2, -0.15) is 0 Å². The maximum Gasteiger partial charge on any atom is 0.320 e. The first-order chi connectivity index (χ1) is 10.6. The van der Waals surface area contributed by atoms with Gasteiger partial charge in [-0.3, -0.25) is 23.2 Å². The first kappa shape index (κ1) is 15.6. The van der Waals surface area contributed by atoms with Crippen LogP contribution >= 0.6 is 34.8 Å². The lowest BCUT2D eigenvalue weighted by atomic mass is 10.7. The number of hydrogen-bond acceptors (Lipinski definition) is 7. The minimum Gasteiger partial charge on any atom is -0.332 e. The van der Waals surface area contributed by atoms with E-state index in [-0.39, 0.29) is 0 Å². The molecule has 1 radical (unpaired) electrons. The summed E-state index contributed by atoms with van der Waals surface area (Å²) >= 11 is 5.37. The van der Waals surface area contributed by atoms with Crippen molar-refractivity contribution < 1.29 is 0 Å². The van der Waals surface area contributed by atoms with Crippen molar-refractivity contribution in [2.75, 3.05) is 7.05 Å². The van der Waals surface area contributed by atoms with Crippen LogP contribution in [0, 0.1) is 0 Å². The Morgan fingerprint density at radius 1 is 0.955 bits per heavy atom. The van der Waals surface area contributed by atoms with Crippen molar-refractivity contribution >= 4 is 44.6 Å². The lowest BCUT2D eigenvalue weighted by Gasteiger charge is -2.22. The lowest BCUT2D eigenvalue weighted by molar-refractivity contribution is 0.718. The third-order valence-electron chi connectivity index (χ3n) is 3.07. The molecule has 0 saturated carbocycles. The van der Waals surface area contributed by atoms with Crippen LogP contribution in [0.2, 0.25) is 0 Å². The molecule has 0 fully saturated rings. The fourth-order valence-electron chi connectivity index (χ4n) is 1.88. The van der Waals surface area contributed by atoms with Crippen molar-refractivity contribution in [2.45, 2.75) is 10.3 Å². The van der Waals surface area contributed by atoms with Crippen molar-refractivity contribution in [3.05, 3.63) is 37.2 Å². The monoisotopic (exact) mass is 351 g/mol. The quantitative estimate of drug-likeness (QED) is 0.763. The van der Waals surface area contributed by atoms with Gasteiger partial charge in [0, 0.05) is 38.9 Å². The van der Waals surface area contributed by atoms with Gasteiger partial charge in [-0.15, -0.1) is 0 Å². The zero-order chi connectivity index (χ0) is 15.5. The van der Waals surface area contributed by atoms with E-state index in [1.54, 1.807) is 34.8 Å². The van der Waals surface area contributed by atoms with E-state index in [0.717, 1.165) is 15.5 Å². The molecule has 0 N–H and O–H groups in total. The minimum atomic E-state index is -0.770. The number of imidazole rings is 2. The number of aliphatic imine (C=N–C) groups is 1. The summed E-state index contributed by atoms with van der Waals surface area (Å²) in [5, 5.41) is 3.05. The highest BCUT2D eigenvalue weighted by Gasteiger charge is 2.22. The van der Waals surface area contributed by atoms with E-state index in [0.29, 0.717) is 0 Å².